The number of aliphatic carboxylic acids is 1. The number of carbonyl (C=O) groups is 2. The van der Waals surface area contributed by atoms with Crippen LogP contribution in [0.3, 0.4) is 0 Å². The lowest BCUT2D eigenvalue weighted by Crippen LogP contribution is -2.41. The van der Waals surface area contributed by atoms with Crippen molar-refractivity contribution in [1.29, 1.82) is 0 Å². The number of carboxylic acids is 1. The van der Waals surface area contributed by atoms with Crippen molar-refractivity contribution < 1.29 is 19.8 Å². The number of amides is 1. The summed E-state index contributed by atoms with van der Waals surface area (Å²) in [7, 11) is 0. The van der Waals surface area contributed by atoms with Crippen LogP contribution in [0.15, 0.2) is 0 Å². The lowest BCUT2D eigenvalue weighted by Gasteiger charge is -2.27. The van der Waals surface area contributed by atoms with Gasteiger partial charge in [0, 0.05) is 18.6 Å². The molecule has 0 bridgehead atoms. The molecular weight excluding hydrogens is 238 g/mol. The Labute approximate surface area is 107 Å². The van der Waals surface area contributed by atoms with Gasteiger partial charge in [0.25, 0.3) is 0 Å². The van der Waals surface area contributed by atoms with Crippen LogP contribution in [0.4, 0.5) is 4.79 Å². The Bertz CT molecular complexity index is 269. The van der Waals surface area contributed by atoms with E-state index in [0.29, 0.717) is 19.4 Å². The minimum absolute atomic E-state index is 0.0694. The summed E-state index contributed by atoms with van der Waals surface area (Å²) >= 11 is 0. The third kappa shape index (κ3) is 7.08. The summed E-state index contributed by atoms with van der Waals surface area (Å²) in [5.41, 5.74) is 2.67. The summed E-state index contributed by atoms with van der Waals surface area (Å²) in [6, 6.07) is 0. The molecular formula is C11H23N3O4. The maximum Gasteiger partial charge on any atom is 0.407 e. The monoisotopic (exact) mass is 261 g/mol. The zero-order chi connectivity index (χ0) is 14.3. The number of likely N-dealkylation sites (tertiary alicyclic amines) is 1. The first-order valence-corrected chi connectivity index (χ1v) is 5.86. The molecule has 106 valence electrons. The van der Waals surface area contributed by atoms with Gasteiger partial charge in [0.1, 0.15) is 0 Å². The Balaban J connectivity index is 0.000000411. The summed E-state index contributed by atoms with van der Waals surface area (Å²) in [5, 5.41) is 17.2. The van der Waals surface area contributed by atoms with E-state index >= 15 is 0 Å². The fourth-order valence-corrected chi connectivity index (χ4v) is 1.35. The largest absolute Gasteiger partial charge is 0.481 e. The highest BCUT2D eigenvalue weighted by Crippen LogP contribution is 2.16. The zero-order valence-corrected chi connectivity index (χ0v) is 11.1. The molecule has 18 heavy (non-hydrogen) atoms. The Morgan fingerprint density at radius 1 is 1.33 bits per heavy atom. The second-order valence-corrected chi connectivity index (χ2v) is 5.30. The molecule has 7 heteroatoms. The Hall–Kier alpha value is -1.34. The van der Waals surface area contributed by atoms with Gasteiger partial charge in [-0.3, -0.25) is 16.1 Å². The van der Waals surface area contributed by atoms with E-state index in [-0.39, 0.29) is 12.1 Å². The third-order valence-corrected chi connectivity index (χ3v) is 2.47. The van der Waals surface area contributed by atoms with Gasteiger partial charge in [-0.2, -0.15) is 0 Å². The van der Waals surface area contributed by atoms with Crippen LogP contribution in [0, 0.1) is 5.92 Å². The van der Waals surface area contributed by atoms with E-state index in [1.54, 1.807) is 0 Å². The number of carboxylic acid groups (broad SMARTS) is 2. The van der Waals surface area contributed by atoms with Gasteiger partial charge in [-0.05, 0) is 33.6 Å². The normalized spacial score (nSPS) is 19.8. The van der Waals surface area contributed by atoms with Gasteiger partial charge in [0.2, 0.25) is 0 Å². The fraction of sp³-hybridized carbons (Fsp3) is 0.818. The number of nitrogens with zero attached hydrogens (tertiary/aromatic N) is 1. The van der Waals surface area contributed by atoms with Crippen molar-refractivity contribution in [2.24, 2.45) is 11.8 Å². The molecule has 0 radical (unpaired) electrons. The SMILES string of the molecule is CC(C)(C)NN.O=C(O)C1CCCN(C(=O)O)C1. The molecule has 0 saturated carbocycles. The molecule has 0 aromatic heterocycles. The second kappa shape index (κ2) is 7.17. The maximum absolute atomic E-state index is 10.5. The standard InChI is InChI=1S/C7H11NO4.C4H12N2/c9-6(10)5-2-1-3-8(4-5)7(11)12;1-4(2,3)6-5/h5H,1-4H2,(H,9,10)(H,11,12);6H,5H2,1-3H3. The quantitative estimate of drug-likeness (QED) is 0.408. The van der Waals surface area contributed by atoms with Crippen LogP contribution in [-0.4, -0.2) is 45.8 Å². The summed E-state index contributed by atoms with van der Waals surface area (Å²) in [4.78, 5) is 22.1. The lowest BCUT2D eigenvalue weighted by molar-refractivity contribution is -0.143. The topological polar surface area (TPSA) is 116 Å². The Morgan fingerprint density at radius 3 is 2.17 bits per heavy atom. The van der Waals surface area contributed by atoms with E-state index in [1.165, 1.54) is 0 Å². The average Bonchev–Trinajstić information content (AvgIpc) is 2.29. The van der Waals surface area contributed by atoms with E-state index in [2.05, 4.69) is 5.43 Å². The first kappa shape index (κ1) is 16.7. The average molecular weight is 261 g/mol. The first-order chi connectivity index (χ1) is 8.17. The van der Waals surface area contributed by atoms with Crippen LogP contribution < -0.4 is 11.3 Å². The number of nitrogens with one attached hydrogen (secondary N) is 1. The van der Waals surface area contributed by atoms with Crippen molar-refractivity contribution in [3.63, 3.8) is 0 Å². The molecule has 1 fully saturated rings. The van der Waals surface area contributed by atoms with E-state index < -0.39 is 18.0 Å². The summed E-state index contributed by atoms with van der Waals surface area (Å²) in [6.45, 7) is 6.61. The molecule has 5 N–H and O–H groups in total. The van der Waals surface area contributed by atoms with E-state index in [0.717, 1.165) is 4.90 Å². The van der Waals surface area contributed by atoms with E-state index in [9.17, 15) is 9.59 Å². The molecule has 7 nitrogen and oxygen atoms in total. The van der Waals surface area contributed by atoms with Crippen LogP contribution >= 0.6 is 0 Å². The molecule has 1 heterocycles. The molecule has 0 aromatic rings. The molecule has 1 saturated heterocycles. The van der Waals surface area contributed by atoms with Gasteiger partial charge in [-0.15, -0.1) is 0 Å². The van der Waals surface area contributed by atoms with Crippen molar-refractivity contribution in [1.82, 2.24) is 10.3 Å². The van der Waals surface area contributed by atoms with Gasteiger partial charge in [0.05, 0.1) is 5.92 Å². The number of hydrazine groups is 1. The van der Waals surface area contributed by atoms with Crippen molar-refractivity contribution >= 4 is 12.1 Å². The van der Waals surface area contributed by atoms with Gasteiger partial charge < -0.3 is 15.1 Å². The molecule has 0 aromatic carbocycles. The number of nitrogens with two attached hydrogens (primary N) is 1. The summed E-state index contributed by atoms with van der Waals surface area (Å²) < 4.78 is 0. The first-order valence-electron chi connectivity index (χ1n) is 5.86. The second-order valence-electron chi connectivity index (χ2n) is 5.30. The predicted octanol–water partition coefficient (Wildman–Crippen LogP) is 0.709. The van der Waals surface area contributed by atoms with Crippen LogP contribution in [0.2, 0.25) is 0 Å². The molecule has 1 rings (SSSR count). The van der Waals surface area contributed by atoms with Gasteiger partial charge >= 0.3 is 12.1 Å². The van der Waals surface area contributed by atoms with Crippen LogP contribution in [0.5, 0.6) is 0 Å². The molecule has 1 aliphatic heterocycles. The number of hydrogen-bond acceptors (Lipinski definition) is 4. The van der Waals surface area contributed by atoms with Crippen LogP contribution in [0.1, 0.15) is 33.6 Å². The third-order valence-electron chi connectivity index (χ3n) is 2.47. The highest BCUT2D eigenvalue weighted by atomic mass is 16.4. The highest BCUT2D eigenvalue weighted by molar-refractivity contribution is 5.72. The van der Waals surface area contributed by atoms with Crippen molar-refractivity contribution in [3.05, 3.63) is 0 Å². The Kier molecular flexibility index (Phi) is 6.64. The number of piperidine rings is 1. The van der Waals surface area contributed by atoms with Crippen molar-refractivity contribution in [3.8, 4) is 0 Å². The fourth-order valence-electron chi connectivity index (χ4n) is 1.35. The van der Waals surface area contributed by atoms with Crippen molar-refractivity contribution in [2.45, 2.75) is 39.2 Å². The van der Waals surface area contributed by atoms with Gasteiger partial charge in [-0.1, -0.05) is 0 Å². The molecule has 1 aliphatic rings. The zero-order valence-electron chi connectivity index (χ0n) is 11.1. The number of hydrogen-bond donors (Lipinski definition) is 4. The van der Waals surface area contributed by atoms with Gasteiger partial charge in [0.15, 0.2) is 0 Å². The minimum atomic E-state index is -1.03. The lowest BCUT2D eigenvalue weighted by atomic mass is 9.99. The van der Waals surface area contributed by atoms with E-state index in [4.69, 9.17) is 16.1 Å². The summed E-state index contributed by atoms with van der Waals surface area (Å²) in [6.07, 6.45) is 0.198. The summed E-state index contributed by atoms with van der Waals surface area (Å²) in [5.74, 6) is 3.63. The Morgan fingerprint density at radius 2 is 1.83 bits per heavy atom. The number of rotatable bonds is 1. The molecule has 1 atom stereocenters. The predicted molar refractivity (Wildman–Crippen MR) is 67.0 cm³/mol. The molecule has 0 aliphatic carbocycles. The molecule has 1 amide bonds. The highest BCUT2D eigenvalue weighted by Gasteiger charge is 2.27. The molecule has 0 spiro atoms. The van der Waals surface area contributed by atoms with E-state index in [1.807, 2.05) is 20.8 Å². The van der Waals surface area contributed by atoms with Crippen LogP contribution in [0.25, 0.3) is 0 Å². The maximum atomic E-state index is 10.5. The van der Waals surface area contributed by atoms with Crippen molar-refractivity contribution in [2.75, 3.05) is 13.1 Å². The smallest absolute Gasteiger partial charge is 0.407 e. The minimum Gasteiger partial charge on any atom is -0.481 e. The van der Waals surface area contributed by atoms with Crippen LogP contribution in [-0.2, 0) is 4.79 Å². The molecule has 1 unspecified atom stereocenters. The van der Waals surface area contributed by atoms with Gasteiger partial charge in [-0.25, -0.2) is 4.79 Å².